The molecule has 8 rings (SSSR count). The maximum Gasteiger partial charge on any atom is 0.0998 e. The number of para-hydroxylation sites is 3. The number of rotatable bonds is 3. The molecule has 5 aromatic carbocycles. The minimum Gasteiger partial charge on any atom is -0.309 e. The van der Waals surface area contributed by atoms with Gasteiger partial charge in [-0.1, -0.05) is 60.7 Å². The Kier molecular flexibility index (Phi) is 4.85. The summed E-state index contributed by atoms with van der Waals surface area (Å²) in [5, 5.41) is 14.8. The number of benzene rings is 5. The molecule has 0 aliphatic carbocycles. The molecule has 3 heterocycles. The van der Waals surface area contributed by atoms with Gasteiger partial charge in [-0.15, -0.1) is 0 Å². The van der Waals surface area contributed by atoms with E-state index in [0.29, 0.717) is 5.56 Å². The third-order valence-electron chi connectivity index (χ3n) is 7.87. The minimum atomic E-state index is 0.640. The van der Waals surface area contributed by atoms with E-state index in [2.05, 4.69) is 117 Å². The van der Waals surface area contributed by atoms with E-state index in [9.17, 15) is 5.26 Å². The van der Waals surface area contributed by atoms with Crippen molar-refractivity contribution in [3.8, 4) is 28.6 Å². The van der Waals surface area contributed by atoms with Gasteiger partial charge in [-0.2, -0.15) is 5.26 Å². The highest BCUT2D eigenvalue weighted by molar-refractivity contribution is 6.12. The van der Waals surface area contributed by atoms with E-state index in [0.717, 1.165) is 33.5 Å². The molecule has 0 N–H and O–H groups in total. The summed E-state index contributed by atoms with van der Waals surface area (Å²) in [5.74, 6) is 0. The first-order chi connectivity index (χ1) is 19.8. The van der Waals surface area contributed by atoms with E-state index in [4.69, 9.17) is 0 Å². The van der Waals surface area contributed by atoms with Gasteiger partial charge in [0.25, 0.3) is 0 Å². The number of aromatic nitrogens is 3. The summed E-state index contributed by atoms with van der Waals surface area (Å²) in [7, 11) is 0. The van der Waals surface area contributed by atoms with E-state index < -0.39 is 0 Å². The predicted octanol–water partition coefficient (Wildman–Crippen LogP) is 8.81. The predicted molar refractivity (Wildman–Crippen MR) is 163 cm³/mol. The number of nitrogens with zero attached hydrogens (tertiary/aromatic N) is 4. The molecular formula is C36H22N4. The van der Waals surface area contributed by atoms with Gasteiger partial charge in [-0.25, -0.2) is 0 Å². The van der Waals surface area contributed by atoms with Crippen LogP contribution in [-0.4, -0.2) is 14.1 Å². The van der Waals surface area contributed by atoms with Gasteiger partial charge in [0.05, 0.1) is 33.7 Å². The second-order valence-corrected chi connectivity index (χ2v) is 10.0. The largest absolute Gasteiger partial charge is 0.309 e. The molecule has 0 radical (unpaired) electrons. The maximum absolute atomic E-state index is 9.88. The quantitative estimate of drug-likeness (QED) is 0.238. The van der Waals surface area contributed by atoms with Gasteiger partial charge in [0.1, 0.15) is 0 Å². The molecule has 0 spiro atoms. The number of hydrogen-bond acceptors (Lipinski definition) is 2. The summed E-state index contributed by atoms with van der Waals surface area (Å²) < 4.78 is 4.67. The van der Waals surface area contributed by atoms with E-state index in [1.165, 1.54) is 32.6 Å². The third-order valence-corrected chi connectivity index (χ3v) is 7.87. The van der Waals surface area contributed by atoms with E-state index >= 15 is 0 Å². The fourth-order valence-electron chi connectivity index (χ4n) is 6.12. The van der Waals surface area contributed by atoms with Crippen LogP contribution in [-0.2, 0) is 0 Å². The molecule has 0 bridgehead atoms. The third kappa shape index (κ3) is 3.22. The highest BCUT2D eigenvalue weighted by Gasteiger charge is 2.17. The van der Waals surface area contributed by atoms with Crippen molar-refractivity contribution in [2.24, 2.45) is 0 Å². The fourth-order valence-corrected chi connectivity index (χ4v) is 6.12. The lowest BCUT2D eigenvalue weighted by molar-refractivity contribution is 1.15. The molecule has 0 unspecified atom stereocenters. The molecule has 0 saturated heterocycles. The van der Waals surface area contributed by atoms with Crippen molar-refractivity contribution in [3.63, 3.8) is 0 Å². The zero-order valence-corrected chi connectivity index (χ0v) is 21.5. The molecule has 0 saturated carbocycles. The molecule has 4 heteroatoms. The Morgan fingerprint density at radius 2 is 1.00 bits per heavy atom. The van der Waals surface area contributed by atoms with Crippen molar-refractivity contribution in [3.05, 3.63) is 139 Å². The lowest BCUT2D eigenvalue weighted by Crippen LogP contribution is -1.98. The highest BCUT2D eigenvalue weighted by atomic mass is 15.0. The zero-order valence-electron chi connectivity index (χ0n) is 21.5. The van der Waals surface area contributed by atoms with Crippen molar-refractivity contribution in [2.45, 2.75) is 0 Å². The Bertz CT molecular complexity index is 2230. The van der Waals surface area contributed by atoms with Crippen molar-refractivity contribution in [1.29, 1.82) is 5.26 Å². The van der Waals surface area contributed by atoms with E-state index in [1.54, 1.807) is 12.4 Å². The number of hydrogen-bond donors (Lipinski definition) is 0. The monoisotopic (exact) mass is 510 g/mol. The first-order valence-corrected chi connectivity index (χ1v) is 13.3. The average Bonchev–Trinajstić information content (AvgIpc) is 3.54. The highest BCUT2D eigenvalue weighted by Crippen LogP contribution is 2.37. The molecule has 0 aliphatic heterocycles. The Morgan fingerprint density at radius 1 is 0.500 bits per heavy atom. The Balaban J connectivity index is 1.44. The van der Waals surface area contributed by atoms with Crippen LogP contribution in [0.3, 0.4) is 0 Å². The Labute approximate surface area is 230 Å². The zero-order chi connectivity index (χ0) is 26.6. The summed E-state index contributed by atoms with van der Waals surface area (Å²) in [6.07, 6.45) is 3.53. The van der Waals surface area contributed by atoms with Gasteiger partial charge in [-0.05, 0) is 66.2 Å². The number of nitriles is 1. The van der Waals surface area contributed by atoms with Gasteiger partial charge in [0.2, 0.25) is 0 Å². The lowest BCUT2D eigenvalue weighted by Gasteiger charge is -2.13. The topological polar surface area (TPSA) is 46.5 Å². The summed E-state index contributed by atoms with van der Waals surface area (Å²) in [5.41, 5.74) is 9.24. The molecule has 3 aromatic heterocycles. The molecule has 0 fully saturated rings. The fraction of sp³-hybridized carbons (Fsp3) is 0. The molecule has 0 aliphatic rings. The molecule has 40 heavy (non-hydrogen) atoms. The number of pyridine rings is 1. The number of fused-ring (bicyclic) bond motifs is 6. The van der Waals surface area contributed by atoms with Gasteiger partial charge in [-0.3, -0.25) is 4.98 Å². The van der Waals surface area contributed by atoms with Gasteiger partial charge >= 0.3 is 0 Å². The maximum atomic E-state index is 9.88. The molecule has 4 nitrogen and oxygen atoms in total. The van der Waals surface area contributed by atoms with Crippen LogP contribution in [0.4, 0.5) is 0 Å². The van der Waals surface area contributed by atoms with Gasteiger partial charge in [0.15, 0.2) is 0 Å². The lowest BCUT2D eigenvalue weighted by atomic mass is 10.0. The van der Waals surface area contributed by atoms with Crippen LogP contribution in [0.2, 0.25) is 0 Å². The molecule has 8 aromatic rings. The van der Waals surface area contributed by atoms with Crippen molar-refractivity contribution >= 4 is 43.6 Å². The Morgan fingerprint density at radius 3 is 1.60 bits per heavy atom. The second kappa shape index (κ2) is 8.69. The van der Waals surface area contributed by atoms with Crippen molar-refractivity contribution in [1.82, 2.24) is 14.1 Å². The first-order valence-electron chi connectivity index (χ1n) is 13.3. The van der Waals surface area contributed by atoms with E-state index in [1.807, 2.05) is 24.3 Å². The van der Waals surface area contributed by atoms with Crippen LogP contribution in [0.15, 0.2) is 134 Å². The van der Waals surface area contributed by atoms with Crippen LogP contribution < -0.4 is 0 Å². The minimum absolute atomic E-state index is 0.640. The van der Waals surface area contributed by atoms with Crippen molar-refractivity contribution in [2.75, 3.05) is 0 Å². The van der Waals surface area contributed by atoms with E-state index in [-0.39, 0.29) is 0 Å². The van der Waals surface area contributed by atoms with Crippen LogP contribution >= 0.6 is 0 Å². The van der Waals surface area contributed by atoms with Crippen LogP contribution in [0.5, 0.6) is 0 Å². The summed E-state index contributed by atoms with van der Waals surface area (Å²) in [4.78, 5) is 4.17. The smallest absolute Gasteiger partial charge is 0.0998 e. The average molecular weight is 511 g/mol. The molecule has 186 valence electrons. The Hall–Kier alpha value is -5.66. The van der Waals surface area contributed by atoms with Gasteiger partial charge < -0.3 is 9.13 Å². The first kappa shape index (κ1) is 22.3. The van der Waals surface area contributed by atoms with Crippen LogP contribution in [0.25, 0.3) is 66.1 Å². The molecule has 0 amide bonds. The van der Waals surface area contributed by atoms with Crippen LogP contribution in [0.1, 0.15) is 5.56 Å². The molecular weight excluding hydrogens is 488 g/mol. The summed E-state index contributed by atoms with van der Waals surface area (Å²) in [6.45, 7) is 0. The SMILES string of the molecule is N#Cc1ccc(-n2c3ccccc3c3ccc(-n4c5ccccc5c5ccccc54)cc32)cc1-c1ccncc1. The van der Waals surface area contributed by atoms with Crippen LogP contribution in [0, 0.1) is 11.3 Å². The molecule has 0 atom stereocenters. The summed E-state index contributed by atoms with van der Waals surface area (Å²) in [6, 6.07) is 44.8. The second-order valence-electron chi connectivity index (χ2n) is 10.0. The standard InChI is InChI=1S/C36H22N4/c37-23-25-13-14-26(21-32(25)24-17-19-38-20-18-24)40-35-12-6-3-9-30(35)31-16-15-27(22-36(31)40)39-33-10-4-1-7-28(33)29-8-2-5-11-34(29)39/h1-22H. The van der Waals surface area contributed by atoms with Crippen molar-refractivity contribution < 1.29 is 0 Å². The van der Waals surface area contributed by atoms with Gasteiger partial charge in [0, 0.05) is 50.9 Å². The summed E-state index contributed by atoms with van der Waals surface area (Å²) >= 11 is 0. The normalized spacial score (nSPS) is 11.5.